The summed E-state index contributed by atoms with van der Waals surface area (Å²) in [6.07, 6.45) is 1.20. The van der Waals surface area contributed by atoms with E-state index in [-0.39, 0.29) is 23.7 Å². The van der Waals surface area contributed by atoms with E-state index in [1.807, 2.05) is 30.3 Å². The minimum atomic E-state index is -3.94. The fourth-order valence-electron chi connectivity index (χ4n) is 4.15. The number of amides is 2. The van der Waals surface area contributed by atoms with Gasteiger partial charge in [0.1, 0.15) is 12.6 Å². The molecule has 40 heavy (non-hydrogen) atoms. The number of benzene rings is 3. The van der Waals surface area contributed by atoms with Crippen LogP contribution < -0.4 is 19.1 Å². The minimum absolute atomic E-state index is 0.0236. The number of carbonyl (C=O) groups is 2. The lowest BCUT2D eigenvalue weighted by Gasteiger charge is -2.33. The van der Waals surface area contributed by atoms with Crippen molar-refractivity contribution in [2.45, 2.75) is 19.0 Å². The van der Waals surface area contributed by atoms with E-state index in [0.717, 1.165) is 16.1 Å². The maximum Gasteiger partial charge on any atom is 0.244 e. The normalized spacial score (nSPS) is 11.8. The quantitative estimate of drug-likeness (QED) is 0.331. The summed E-state index contributed by atoms with van der Waals surface area (Å²) in [6.45, 7) is -0.595. The fraction of sp³-hybridized carbons (Fsp3) is 0.286. The highest BCUT2D eigenvalue weighted by atomic mass is 35.5. The minimum Gasteiger partial charge on any atom is -0.493 e. The standard InChI is InChI=1S/C28H31Cl2N3O6S/c1-31-28(35)24(15-19-8-6-5-7-9-19)32(17-20-10-12-22(29)23(30)14-20)27(34)18-33(40(4,36)37)21-11-13-25(38-2)26(16-21)39-3/h5-14,16,24H,15,17-18H2,1-4H3,(H,31,35). The molecule has 214 valence electrons. The van der Waals surface area contributed by atoms with E-state index in [4.69, 9.17) is 32.7 Å². The number of likely N-dealkylation sites (N-methyl/N-ethyl adjacent to an activating group) is 1. The Morgan fingerprint density at radius 2 is 1.57 bits per heavy atom. The maximum atomic E-state index is 14.0. The van der Waals surface area contributed by atoms with Crippen molar-refractivity contribution >= 4 is 50.7 Å². The van der Waals surface area contributed by atoms with Crippen molar-refractivity contribution < 1.29 is 27.5 Å². The van der Waals surface area contributed by atoms with E-state index in [1.165, 1.54) is 38.3 Å². The third-order valence-corrected chi connectivity index (χ3v) is 8.07. The Morgan fingerprint density at radius 1 is 0.900 bits per heavy atom. The van der Waals surface area contributed by atoms with Crippen molar-refractivity contribution in [3.63, 3.8) is 0 Å². The molecule has 0 aromatic heterocycles. The van der Waals surface area contributed by atoms with Crippen molar-refractivity contribution in [3.8, 4) is 11.5 Å². The van der Waals surface area contributed by atoms with Crippen LogP contribution in [0.15, 0.2) is 66.7 Å². The number of nitrogens with zero attached hydrogens (tertiary/aromatic N) is 2. The van der Waals surface area contributed by atoms with Gasteiger partial charge >= 0.3 is 0 Å². The molecule has 0 bridgehead atoms. The fourth-order valence-corrected chi connectivity index (χ4v) is 5.31. The second kappa shape index (κ2) is 13.7. The molecule has 0 aliphatic heterocycles. The predicted molar refractivity (Wildman–Crippen MR) is 157 cm³/mol. The van der Waals surface area contributed by atoms with E-state index in [9.17, 15) is 18.0 Å². The third kappa shape index (κ3) is 7.80. The molecule has 0 heterocycles. The van der Waals surface area contributed by atoms with Gasteiger partial charge < -0.3 is 19.7 Å². The van der Waals surface area contributed by atoms with Gasteiger partial charge in [-0.25, -0.2) is 8.42 Å². The molecule has 1 N–H and O–H groups in total. The van der Waals surface area contributed by atoms with Gasteiger partial charge in [-0.3, -0.25) is 13.9 Å². The molecule has 0 fully saturated rings. The molecule has 9 nitrogen and oxygen atoms in total. The van der Waals surface area contributed by atoms with Crippen LogP contribution >= 0.6 is 23.2 Å². The van der Waals surface area contributed by atoms with Crippen LogP contribution in [0.25, 0.3) is 0 Å². The predicted octanol–water partition coefficient (Wildman–Crippen LogP) is 4.16. The highest BCUT2D eigenvalue weighted by Gasteiger charge is 2.33. The molecule has 1 unspecified atom stereocenters. The monoisotopic (exact) mass is 607 g/mol. The van der Waals surface area contributed by atoms with Crippen LogP contribution in [-0.4, -0.2) is 65.2 Å². The van der Waals surface area contributed by atoms with Crippen molar-refractivity contribution in [2.24, 2.45) is 0 Å². The number of ether oxygens (including phenoxy) is 2. The molecular formula is C28H31Cl2N3O6S. The Labute approximate surface area is 244 Å². The van der Waals surface area contributed by atoms with Crippen LogP contribution in [0.2, 0.25) is 10.0 Å². The van der Waals surface area contributed by atoms with Gasteiger partial charge in [-0.1, -0.05) is 59.6 Å². The van der Waals surface area contributed by atoms with E-state index < -0.39 is 34.4 Å². The van der Waals surface area contributed by atoms with Gasteiger partial charge in [0.25, 0.3) is 0 Å². The van der Waals surface area contributed by atoms with E-state index in [0.29, 0.717) is 22.1 Å². The summed E-state index contributed by atoms with van der Waals surface area (Å²) < 4.78 is 37.4. The van der Waals surface area contributed by atoms with Crippen LogP contribution in [0, 0.1) is 0 Å². The first-order chi connectivity index (χ1) is 19.0. The van der Waals surface area contributed by atoms with Gasteiger partial charge in [0.2, 0.25) is 21.8 Å². The average Bonchev–Trinajstić information content (AvgIpc) is 2.94. The SMILES string of the molecule is CNC(=O)C(Cc1ccccc1)N(Cc1ccc(Cl)c(Cl)c1)C(=O)CN(c1ccc(OC)c(OC)c1)S(C)(=O)=O. The lowest BCUT2D eigenvalue weighted by atomic mass is 10.0. The Morgan fingerprint density at radius 3 is 2.15 bits per heavy atom. The number of methoxy groups -OCH3 is 2. The van der Waals surface area contributed by atoms with Crippen molar-refractivity contribution in [1.29, 1.82) is 0 Å². The van der Waals surface area contributed by atoms with Gasteiger partial charge in [-0.05, 0) is 35.4 Å². The Hall–Kier alpha value is -3.47. The Kier molecular flexibility index (Phi) is 10.7. The van der Waals surface area contributed by atoms with Gasteiger partial charge in [0.05, 0.1) is 36.2 Å². The number of anilines is 1. The number of nitrogens with one attached hydrogen (secondary N) is 1. The number of hydrogen-bond acceptors (Lipinski definition) is 6. The molecule has 0 aliphatic rings. The first-order valence-corrected chi connectivity index (χ1v) is 14.8. The zero-order chi connectivity index (χ0) is 29.4. The van der Waals surface area contributed by atoms with Gasteiger partial charge in [-0.15, -0.1) is 0 Å². The van der Waals surface area contributed by atoms with Gasteiger partial charge in [0.15, 0.2) is 11.5 Å². The summed E-state index contributed by atoms with van der Waals surface area (Å²) >= 11 is 12.3. The molecule has 1 atom stereocenters. The Balaban J connectivity index is 2.06. The van der Waals surface area contributed by atoms with Crippen molar-refractivity contribution in [1.82, 2.24) is 10.2 Å². The average molecular weight is 609 g/mol. The summed E-state index contributed by atoms with van der Waals surface area (Å²) in [6, 6.07) is 17.7. The molecule has 0 radical (unpaired) electrons. The summed E-state index contributed by atoms with van der Waals surface area (Å²) in [4.78, 5) is 28.5. The first-order valence-electron chi connectivity index (χ1n) is 12.2. The van der Waals surface area contributed by atoms with E-state index in [1.54, 1.807) is 24.3 Å². The van der Waals surface area contributed by atoms with Crippen LogP contribution in [0.1, 0.15) is 11.1 Å². The molecule has 0 saturated heterocycles. The van der Waals surface area contributed by atoms with E-state index in [2.05, 4.69) is 5.32 Å². The maximum absolute atomic E-state index is 14.0. The lowest BCUT2D eigenvalue weighted by molar-refractivity contribution is -0.139. The number of hydrogen-bond donors (Lipinski definition) is 1. The summed E-state index contributed by atoms with van der Waals surface area (Å²) in [5.74, 6) is -0.319. The molecule has 0 spiro atoms. The molecule has 12 heteroatoms. The van der Waals surface area contributed by atoms with Gasteiger partial charge in [0, 0.05) is 26.1 Å². The number of sulfonamides is 1. The van der Waals surface area contributed by atoms with Gasteiger partial charge in [-0.2, -0.15) is 0 Å². The highest BCUT2D eigenvalue weighted by molar-refractivity contribution is 7.92. The smallest absolute Gasteiger partial charge is 0.244 e. The van der Waals surface area contributed by atoms with Crippen LogP contribution in [0.5, 0.6) is 11.5 Å². The third-order valence-electron chi connectivity index (χ3n) is 6.19. The molecule has 3 rings (SSSR count). The number of rotatable bonds is 12. The highest BCUT2D eigenvalue weighted by Crippen LogP contribution is 2.32. The Bertz CT molecular complexity index is 1450. The molecule has 3 aromatic carbocycles. The van der Waals surface area contributed by atoms with Crippen LogP contribution in [0.4, 0.5) is 5.69 Å². The number of carbonyl (C=O) groups excluding carboxylic acids is 2. The molecule has 0 aliphatic carbocycles. The molecule has 2 amide bonds. The van der Waals surface area contributed by atoms with Crippen molar-refractivity contribution in [3.05, 3.63) is 87.9 Å². The summed E-state index contributed by atoms with van der Waals surface area (Å²) in [7, 11) is 0.429. The summed E-state index contributed by atoms with van der Waals surface area (Å²) in [5.41, 5.74) is 1.63. The first kappa shape index (κ1) is 31.1. The largest absolute Gasteiger partial charge is 0.493 e. The topological polar surface area (TPSA) is 105 Å². The molecule has 3 aromatic rings. The van der Waals surface area contributed by atoms with Crippen molar-refractivity contribution in [2.75, 3.05) is 38.4 Å². The van der Waals surface area contributed by atoms with Crippen LogP contribution in [-0.2, 0) is 32.6 Å². The van der Waals surface area contributed by atoms with E-state index >= 15 is 0 Å². The number of halogens is 2. The second-order valence-corrected chi connectivity index (χ2v) is 11.6. The van der Waals surface area contributed by atoms with Crippen LogP contribution in [0.3, 0.4) is 0 Å². The molecular weight excluding hydrogens is 577 g/mol. The zero-order valence-electron chi connectivity index (χ0n) is 22.6. The lowest BCUT2D eigenvalue weighted by Crippen LogP contribution is -2.52. The second-order valence-electron chi connectivity index (χ2n) is 8.90. The zero-order valence-corrected chi connectivity index (χ0v) is 24.9. The molecule has 0 saturated carbocycles. The summed E-state index contributed by atoms with van der Waals surface area (Å²) in [5, 5.41) is 3.25.